The number of nitrogens with zero attached hydrogens (tertiary/aromatic N) is 4. The molecule has 8 nitrogen and oxygen atoms in total. The van der Waals surface area contributed by atoms with Gasteiger partial charge in [-0.15, -0.1) is 0 Å². The average Bonchev–Trinajstić information content (AvgIpc) is 3.51. The molecule has 3 aromatic carbocycles. The molecule has 9 heteroatoms. The van der Waals surface area contributed by atoms with E-state index in [2.05, 4.69) is 22.0 Å². The number of methoxy groups -OCH3 is 2. The number of piperidine rings is 1. The first-order valence-electron chi connectivity index (χ1n) is 14.5. The Morgan fingerprint density at radius 2 is 1.67 bits per heavy atom. The summed E-state index contributed by atoms with van der Waals surface area (Å²) in [6, 6.07) is 20.4. The first-order valence-corrected chi connectivity index (χ1v) is 14.5. The minimum absolute atomic E-state index is 0.0423. The lowest BCUT2D eigenvalue weighted by Gasteiger charge is -2.44. The van der Waals surface area contributed by atoms with E-state index in [0.717, 1.165) is 24.0 Å². The lowest BCUT2D eigenvalue weighted by molar-refractivity contribution is -0.144. The van der Waals surface area contributed by atoms with Gasteiger partial charge in [-0.05, 0) is 61.4 Å². The van der Waals surface area contributed by atoms with Crippen LogP contribution in [0.4, 0.5) is 16.2 Å². The van der Waals surface area contributed by atoms with E-state index in [1.165, 1.54) is 12.1 Å². The Hall–Kier alpha value is -4.40. The molecule has 6 rings (SSSR count). The number of benzene rings is 3. The number of likely N-dealkylation sites (tertiary alicyclic amines) is 1. The van der Waals surface area contributed by atoms with E-state index in [9.17, 15) is 9.18 Å². The smallest absolute Gasteiger partial charge is 0.229 e. The Kier molecular flexibility index (Phi) is 7.58. The zero-order valence-electron chi connectivity index (χ0n) is 24.1. The van der Waals surface area contributed by atoms with E-state index in [1.54, 1.807) is 20.3 Å². The monoisotopic (exact) mass is 569 g/mol. The van der Waals surface area contributed by atoms with Crippen LogP contribution in [0.3, 0.4) is 0 Å². The molecule has 0 spiro atoms. The van der Waals surface area contributed by atoms with Gasteiger partial charge in [0.25, 0.3) is 0 Å². The fourth-order valence-electron chi connectivity index (χ4n) is 6.54. The molecule has 2 aliphatic rings. The Balaban J connectivity index is 1.29. The van der Waals surface area contributed by atoms with Gasteiger partial charge in [0.1, 0.15) is 11.6 Å². The molecule has 0 bridgehead atoms. The van der Waals surface area contributed by atoms with Gasteiger partial charge in [-0.1, -0.05) is 42.5 Å². The molecule has 42 heavy (non-hydrogen) atoms. The minimum atomic E-state index is -0.570. The molecule has 4 aromatic rings. The molecule has 3 heterocycles. The van der Waals surface area contributed by atoms with Crippen LogP contribution in [0.15, 0.2) is 66.7 Å². The van der Waals surface area contributed by atoms with Crippen LogP contribution in [-0.2, 0) is 11.2 Å². The number of anilines is 2. The van der Waals surface area contributed by atoms with Crippen molar-refractivity contribution in [2.45, 2.75) is 38.1 Å². The highest BCUT2D eigenvalue weighted by Crippen LogP contribution is 2.43. The number of nitrogen functional groups attached to an aromatic ring is 1. The van der Waals surface area contributed by atoms with Crippen molar-refractivity contribution in [3.63, 3.8) is 0 Å². The maximum Gasteiger partial charge on any atom is 0.229 e. The third-order valence-corrected chi connectivity index (χ3v) is 8.83. The largest absolute Gasteiger partial charge is 0.493 e. The fourth-order valence-corrected chi connectivity index (χ4v) is 6.54. The van der Waals surface area contributed by atoms with Gasteiger partial charge in [-0.3, -0.25) is 4.79 Å². The first kappa shape index (κ1) is 27.8. The lowest BCUT2D eigenvalue weighted by Crippen LogP contribution is -2.51. The van der Waals surface area contributed by atoms with Gasteiger partial charge in [-0.2, -0.15) is 4.98 Å². The normalized spacial score (nSPS) is 18.3. The van der Waals surface area contributed by atoms with Crippen LogP contribution in [-0.4, -0.2) is 54.6 Å². The van der Waals surface area contributed by atoms with Crippen LogP contribution in [0.1, 0.15) is 42.9 Å². The highest BCUT2D eigenvalue weighted by atomic mass is 19.1. The minimum Gasteiger partial charge on any atom is -0.493 e. The molecule has 2 N–H and O–H groups in total. The number of aromatic nitrogens is 2. The summed E-state index contributed by atoms with van der Waals surface area (Å²) in [5.41, 5.74) is 8.62. The molecule has 1 unspecified atom stereocenters. The number of nitrogens with two attached hydrogens (primary N) is 1. The summed E-state index contributed by atoms with van der Waals surface area (Å²) in [6.45, 7) is 1.94. The zero-order chi connectivity index (χ0) is 29.3. The van der Waals surface area contributed by atoms with Crippen molar-refractivity contribution in [3.8, 4) is 11.5 Å². The Labute approximate surface area is 245 Å². The van der Waals surface area contributed by atoms with Gasteiger partial charge < -0.3 is 25.0 Å². The summed E-state index contributed by atoms with van der Waals surface area (Å²) < 4.78 is 24.6. The number of hydrogen-bond donors (Lipinski definition) is 1. The van der Waals surface area contributed by atoms with E-state index in [4.69, 9.17) is 20.2 Å². The van der Waals surface area contributed by atoms with Crippen molar-refractivity contribution in [2.75, 3.05) is 44.5 Å². The van der Waals surface area contributed by atoms with Gasteiger partial charge in [0.2, 0.25) is 11.9 Å². The molecule has 1 atom stereocenters. The Morgan fingerprint density at radius 3 is 2.36 bits per heavy atom. The van der Waals surface area contributed by atoms with Crippen molar-refractivity contribution in [3.05, 3.63) is 83.7 Å². The molecule has 218 valence electrons. The number of fused-ring (bicyclic) bond motifs is 1. The van der Waals surface area contributed by atoms with Crippen molar-refractivity contribution in [2.24, 2.45) is 5.41 Å². The Bertz CT molecular complexity index is 1570. The third-order valence-electron chi connectivity index (χ3n) is 8.83. The van der Waals surface area contributed by atoms with Crippen molar-refractivity contribution >= 4 is 28.6 Å². The molecule has 2 fully saturated rings. The van der Waals surface area contributed by atoms with Crippen LogP contribution < -0.4 is 20.1 Å². The first-order chi connectivity index (χ1) is 20.4. The van der Waals surface area contributed by atoms with Crippen LogP contribution in [0.5, 0.6) is 11.5 Å². The zero-order valence-corrected chi connectivity index (χ0v) is 24.1. The predicted octanol–water partition coefficient (Wildman–Crippen LogP) is 5.56. The molecule has 2 saturated heterocycles. The van der Waals surface area contributed by atoms with Crippen LogP contribution >= 0.6 is 0 Å². The fraction of sp³-hybridized carbons (Fsp3) is 0.364. The van der Waals surface area contributed by atoms with Gasteiger partial charge in [0.15, 0.2) is 11.5 Å². The van der Waals surface area contributed by atoms with Crippen molar-refractivity contribution < 1.29 is 18.7 Å². The van der Waals surface area contributed by atoms with E-state index < -0.39 is 5.41 Å². The highest BCUT2D eigenvalue weighted by Gasteiger charge is 2.46. The van der Waals surface area contributed by atoms with E-state index in [1.807, 2.05) is 41.3 Å². The molecular formula is C33H36FN5O3. The van der Waals surface area contributed by atoms with Crippen LogP contribution in [0.2, 0.25) is 0 Å². The number of rotatable bonds is 7. The summed E-state index contributed by atoms with van der Waals surface area (Å²) in [7, 11) is 3.17. The van der Waals surface area contributed by atoms with Crippen molar-refractivity contribution in [1.29, 1.82) is 0 Å². The number of carbonyl (C=O) groups is 1. The van der Waals surface area contributed by atoms with Gasteiger partial charge in [0, 0.05) is 31.1 Å². The number of ether oxygens (including phenoxy) is 2. The standard InChI is InChI=1S/C33H36FN5O3/c1-41-28-19-25-26(20-29(28)42-2)36-32(37-30(25)35)38-17-14-33(15-18-38,21-22-7-4-3-5-8-22)31(40)39-16-6-9-27(39)23-10-12-24(34)13-11-23/h3-5,7-8,10-13,19-20,27H,6,9,14-18,21H2,1-2H3,(H2,35,36,37). The molecular weight excluding hydrogens is 533 g/mol. The molecule has 0 saturated carbocycles. The maximum absolute atomic E-state index is 14.5. The van der Waals surface area contributed by atoms with E-state index in [0.29, 0.717) is 73.1 Å². The van der Waals surface area contributed by atoms with Crippen molar-refractivity contribution in [1.82, 2.24) is 14.9 Å². The van der Waals surface area contributed by atoms with Gasteiger partial charge >= 0.3 is 0 Å². The Morgan fingerprint density at radius 1 is 0.976 bits per heavy atom. The maximum atomic E-state index is 14.5. The molecule has 2 aliphatic heterocycles. The highest BCUT2D eigenvalue weighted by molar-refractivity contribution is 5.92. The number of halogens is 1. The van der Waals surface area contributed by atoms with E-state index in [-0.39, 0.29) is 17.8 Å². The second kappa shape index (κ2) is 11.5. The SMILES string of the molecule is COc1cc2nc(N3CCC(Cc4ccccc4)(C(=O)N4CCCC4c4ccc(F)cc4)CC3)nc(N)c2cc1OC. The second-order valence-corrected chi connectivity index (χ2v) is 11.3. The topological polar surface area (TPSA) is 93.8 Å². The summed E-state index contributed by atoms with van der Waals surface area (Å²) >= 11 is 0. The third kappa shape index (κ3) is 5.19. The summed E-state index contributed by atoms with van der Waals surface area (Å²) in [6.07, 6.45) is 3.77. The second-order valence-electron chi connectivity index (χ2n) is 11.3. The lowest BCUT2D eigenvalue weighted by atomic mass is 9.72. The number of amides is 1. The summed E-state index contributed by atoms with van der Waals surface area (Å²) in [5, 5.41) is 0.697. The number of carbonyl (C=O) groups excluding carboxylic acids is 1. The van der Waals surface area contributed by atoms with Crippen LogP contribution in [0.25, 0.3) is 10.9 Å². The number of hydrogen-bond acceptors (Lipinski definition) is 7. The van der Waals surface area contributed by atoms with Gasteiger partial charge in [-0.25, -0.2) is 9.37 Å². The molecule has 0 radical (unpaired) electrons. The van der Waals surface area contributed by atoms with Gasteiger partial charge in [0.05, 0.1) is 31.2 Å². The average molecular weight is 570 g/mol. The quantitative estimate of drug-likeness (QED) is 0.311. The summed E-state index contributed by atoms with van der Waals surface area (Å²) in [5.74, 6) is 1.95. The molecule has 0 aliphatic carbocycles. The summed E-state index contributed by atoms with van der Waals surface area (Å²) in [4.78, 5) is 28.2. The predicted molar refractivity (Wildman–Crippen MR) is 161 cm³/mol. The van der Waals surface area contributed by atoms with Crippen LogP contribution in [0, 0.1) is 11.2 Å². The molecule has 1 amide bonds. The van der Waals surface area contributed by atoms with E-state index >= 15 is 0 Å². The molecule has 1 aromatic heterocycles.